The Bertz CT molecular complexity index is 623. The minimum atomic E-state index is -0.0670. The molecule has 0 radical (unpaired) electrons. The van der Waals surface area contributed by atoms with Gasteiger partial charge in [-0.3, -0.25) is 4.79 Å². The van der Waals surface area contributed by atoms with E-state index < -0.39 is 0 Å². The van der Waals surface area contributed by atoms with E-state index in [2.05, 4.69) is 17.3 Å². The molecule has 0 aliphatic carbocycles. The van der Waals surface area contributed by atoms with Gasteiger partial charge in [0.2, 0.25) is 0 Å². The summed E-state index contributed by atoms with van der Waals surface area (Å²) in [6.45, 7) is 6.28. The standard InChI is InChI=1S/C19H27N3O2/c1-3-5-13-24-14-9-12-20-19(23)17-15-21-22(18(17)4-2)16-10-7-6-8-11-16/h6-8,10-11,15H,3-5,9,12-14H2,1-2H3,(H,20,23). The molecule has 0 aliphatic rings. The summed E-state index contributed by atoms with van der Waals surface area (Å²) >= 11 is 0. The summed E-state index contributed by atoms with van der Waals surface area (Å²) in [7, 11) is 0. The number of rotatable bonds is 10. The van der Waals surface area contributed by atoms with E-state index in [0.717, 1.165) is 43.7 Å². The summed E-state index contributed by atoms with van der Waals surface area (Å²) in [5.74, 6) is -0.0670. The van der Waals surface area contributed by atoms with Gasteiger partial charge < -0.3 is 10.1 Å². The maximum atomic E-state index is 12.4. The second kappa shape index (κ2) is 9.88. The molecule has 1 aromatic heterocycles. The van der Waals surface area contributed by atoms with Crippen molar-refractivity contribution >= 4 is 5.91 Å². The Morgan fingerprint density at radius 3 is 2.62 bits per heavy atom. The van der Waals surface area contributed by atoms with Crippen molar-refractivity contribution in [1.29, 1.82) is 0 Å². The van der Waals surface area contributed by atoms with E-state index in [-0.39, 0.29) is 5.91 Å². The molecule has 0 fully saturated rings. The maximum absolute atomic E-state index is 12.4. The van der Waals surface area contributed by atoms with Gasteiger partial charge in [0.25, 0.3) is 5.91 Å². The number of nitrogens with zero attached hydrogens (tertiary/aromatic N) is 2. The molecule has 1 heterocycles. The number of benzene rings is 1. The van der Waals surface area contributed by atoms with E-state index in [9.17, 15) is 4.79 Å². The number of hydrogen-bond donors (Lipinski definition) is 1. The molecule has 0 saturated heterocycles. The average Bonchev–Trinajstić information content (AvgIpc) is 3.05. The molecule has 130 valence electrons. The minimum absolute atomic E-state index is 0.0670. The van der Waals surface area contributed by atoms with Gasteiger partial charge in [0, 0.05) is 19.8 Å². The van der Waals surface area contributed by atoms with Gasteiger partial charge >= 0.3 is 0 Å². The number of para-hydroxylation sites is 1. The van der Waals surface area contributed by atoms with Crippen LogP contribution in [0.2, 0.25) is 0 Å². The molecule has 2 rings (SSSR count). The number of ether oxygens (including phenoxy) is 1. The van der Waals surface area contributed by atoms with Gasteiger partial charge in [0.15, 0.2) is 0 Å². The van der Waals surface area contributed by atoms with Crippen LogP contribution in [0.3, 0.4) is 0 Å². The molecule has 5 heteroatoms. The number of amides is 1. The van der Waals surface area contributed by atoms with Crippen molar-refractivity contribution in [3.8, 4) is 5.69 Å². The molecule has 0 bridgehead atoms. The lowest BCUT2D eigenvalue weighted by atomic mass is 10.2. The quantitative estimate of drug-likeness (QED) is 0.680. The van der Waals surface area contributed by atoms with E-state index in [1.54, 1.807) is 6.20 Å². The Morgan fingerprint density at radius 2 is 1.92 bits per heavy atom. The van der Waals surface area contributed by atoms with Crippen LogP contribution in [-0.4, -0.2) is 35.4 Å². The van der Waals surface area contributed by atoms with Crippen molar-refractivity contribution in [2.75, 3.05) is 19.8 Å². The largest absolute Gasteiger partial charge is 0.381 e. The van der Waals surface area contributed by atoms with Gasteiger partial charge in [-0.1, -0.05) is 38.5 Å². The van der Waals surface area contributed by atoms with Crippen LogP contribution in [-0.2, 0) is 11.2 Å². The normalized spacial score (nSPS) is 10.8. The molecule has 5 nitrogen and oxygen atoms in total. The summed E-state index contributed by atoms with van der Waals surface area (Å²) in [6.07, 6.45) is 5.45. The van der Waals surface area contributed by atoms with Crippen molar-refractivity contribution in [3.05, 3.63) is 47.8 Å². The number of carbonyl (C=O) groups is 1. The first-order chi connectivity index (χ1) is 11.8. The Kier molecular flexibility index (Phi) is 7.49. The predicted octanol–water partition coefficient (Wildman–Crippen LogP) is 3.37. The Hall–Kier alpha value is -2.14. The molecular formula is C19H27N3O2. The van der Waals surface area contributed by atoms with Crippen LogP contribution in [0.1, 0.15) is 49.2 Å². The predicted molar refractivity (Wildman–Crippen MR) is 95.6 cm³/mol. The lowest BCUT2D eigenvalue weighted by Gasteiger charge is -2.08. The molecule has 0 atom stereocenters. The van der Waals surface area contributed by atoms with E-state index in [4.69, 9.17) is 4.74 Å². The van der Waals surface area contributed by atoms with Crippen LogP contribution in [0.15, 0.2) is 36.5 Å². The van der Waals surface area contributed by atoms with E-state index in [0.29, 0.717) is 18.7 Å². The van der Waals surface area contributed by atoms with Crippen molar-refractivity contribution in [2.24, 2.45) is 0 Å². The van der Waals surface area contributed by atoms with E-state index in [1.165, 1.54) is 0 Å². The molecule has 1 aromatic carbocycles. The Labute approximate surface area is 144 Å². The average molecular weight is 329 g/mol. The third-order valence-corrected chi connectivity index (χ3v) is 3.84. The van der Waals surface area contributed by atoms with Crippen LogP contribution < -0.4 is 5.32 Å². The highest BCUT2D eigenvalue weighted by Gasteiger charge is 2.16. The zero-order valence-electron chi connectivity index (χ0n) is 14.6. The highest BCUT2D eigenvalue weighted by atomic mass is 16.5. The van der Waals surface area contributed by atoms with E-state index >= 15 is 0 Å². The van der Waals surface area contributed by atoms with Gasteiger partial charge in [-0.05, 0) is 31.4 Å². The fourth-order valence-corrected chi connectivity index (χ4v) is 2.52. The molecule has 2 aromatic rings. The van der Waals surface area contributed by atoms with E-state index in [1.807, 2.05) is 41.9 Å². The van der Waals surface area contributed by atoms with Gasteiger partial charge in [0.1, 0.15) is 0 Å². The minimum Gasteiger partial charge on any atom is -0.381 e. The topological polar surface area (TPSA) is 56.1 Å². The molecule has 0 unspecified atom stereocenters. The van der Waals surface area contributed by atoms with Crippen LogP contribution in [0, 0.1) is 0 Å². The van der Waals surface area contributed by atoms with Crippen molar-refractivity contribution in [1.82, 2.24) is 15.1 Å². The highest BCUT2D eigenvalue weighted by Crippen LogP contribution is 2.15. The smallest absolute Gasteiger partial charge is 0.254 e. The van der Waals surface area contributed by atoms with Crippen LogP contribution >= 0.6 is 0 Å². The van der Waals surface area contributed by atoms with Crippen molar-refractivity contribution < 1.29 is 9.53 Å². The third kappa shape index (κ3) is 4.93. The first-order valence-electron chi connectivity index (χ1n) is 8.76. The molecule has 0 aliphatic heterocycles. The summed E-state index contributed by atoms with van der Waals surface area (Å²) in [4.78, 5) is 12.4. The second-order valence-electron chi connectivity index (χ2n) is 5.68. The summed E-state index contributed by atoms with van der Waals surface area (Å²) < 4.78 is 7.34. The lowest BCUT2D eigenvalue weighted by Crippen LogP contribution is -2.26. The van der Waals surface area contributed by atoms with Crippen molar-refractivity contribution in [3.63, 3.8) is 0 Å². The molecule has 0 saturated carbocycles. The van der Waals surface area contributed by atoms with Crippen LogP contribution in [0.4, 0.5) is 0 Å². The Morgan fingerprint density at radius 1 is 1.17 bits per heavy atom. The summed E-state index contributed by atoms with van der Waals surface area (Å²) in [6, 6.07) is 9.88. The number of aromatic nitrogens is 2. The Balaban J connectivity index is 1.90. The first kappa shape index (κ1) is 18.2. The second-order valence-corrected chi connectivity index (χ2v) is 5.68. The first-order valence-corrected chi connectivity index (χ1v) is 8.76. The zero-order valence-corrected chi connectivity index (χ0v) is 14.6. The molecular weight excluding hydrogens is 302 g/mol. The lowest BCUT2D eigenvalue weighted by molar-refractivity contribution is 0.0939. The fourth-order valence-electron chi connectivity index (χ4n) is 2.52. The summed E-state index contributed by atoms with van der Waals surface area (Å²) in [5, 5.41) is 7.34. The summed E-state index contributed by atoms with van der Waals surface area (Å²) in [5.41, 5.74) is 2.55. The number of nitrogens with one attached hydrogen (secondary N) is 1. The number of hydrogen-bond acceptors (Lipinski definition) is 3. The molecule has 1 amide bonds. The fraction of sp³-hybridized carbons (Fsp3) is 0.474. The van der Waals surface area contributed by atoms with Gasteiger partial charge in [-0.15, -0.1) is 0 Å². The van der Waals surface area contributed by atoms with Gasteiger partial charge in [-0.2, -0.15) is 5.10 Å². The third-order valence-electron chi connectivity index (χ3n) is 3.84. The monoisotopic (exact) mass is 329 g/mol. The van der Waals surface area contributed by atoms with Crippen LogP contribution in [0.25, 0.3) is 5.69 Å². The van der Waals surface area contributed by atoms with Crippen LogP contribution in [0.5, 0.6) is 0 Å². The highest BCUT2D eigenvalue weighted by molar-refractivity contribution is 5.95. The zero-order chi connectivity index (χ0) is 17.2. The molecule has 24 heavy (non-hydrogen) atoms. The maximum Gasteiger partial charge on any atom is 0.254 e. The van der Waals surface area contributed by atoms with Gasteiger partial charge in [0.05, 0.1) is 23.1 Å². The molecule has 1 N–H and O–H groups in total. The van der Waals surface area contributed by atoms with Gasteiger partial charge in [-0.25, -0.2) is 4.68 Å². The number of unbranched alkanes of at least 4 members (excludes halogenated alkanes) is 1. The SMILES string of the molecule is CCCCOCCCNC(=O)c1cnn(-c2ccccc2)c1CC. The number of carbonyl (C=O) groups excluding carboxylic acids is 1. The van der Waals surface area contributed by atoms with Crippen molar-refractivity contribution in [2.45, 2.75) is 39.5 Å². The molecule has 0 spiro atoms.